The van der Waals surface area contributed by atoms with Crippen LogP contribution in [-0.4, -0.2) is 93.1 Å². The van der Waals surface area contributed by atoms with Gasteiger partial charge in [-0.15, -0.1) is 0 Å². The molecule has 0 aromatic rings. The van der Waals surface area contributed by atoms with Crippen LogP contribution in [0.5, 0.6) is 0 Å². The lowest BCUT2D eigenvalue weighted by Crippen LogP contribution is -2.35. The van der Waals surface area contributed by atoms with Crippen LogP contribution in [0.4, 0.5) is 4.79 Å². The van der Waals surface area contributed by atoms with Gasteiger partial charge in [0.15, 0.2) is 0 Å². The number of hydrogen-bond donors (Lipinski definition) is 0. The summed E-state index contributed by atoms with van der Waals surface area (Å²) in [7, 11) is 0. The summed E-state index contributed by atoms with van der Waals surface area (Å²) in [5, 5.41) is 0. The van der Waals surface area contributed by atoms with Gasteiger partial charge in [-0.3, -0.25) is 14.5 Å². The highest BCUT2D eigenvalue weighted by Crippen LogP contribution is 2.20. The zero-order valence-corrected chi connectivity index (χ0v) is 39.3. The van der Waals surface area contributed by atoms with Crippen LogP contribution in [0, 0.1) is 5.92 Å². The van der Waals surface area contributed by atoms with Crippen molar-refractivity contribution in [2.45, 2.75) is 234 Å². The Balaban J connectivity index is 4.63. The second-order valence-electron chi connectivity index (χ2n) is 16.8. The van der Waals surface area contributed by atoms with Crippen LogP contribution in [-0.2, 0) is 28.5 Å². The highest BCUT2D eigenvalue weighted by atomic mass is 16.7. The standard InChI is InChI=1S/C49H96N2O7/c1-7-13-17-19-23-29-36-47(52)55-42-40-51(39-31-38-50(11-5)12-6)41-43-56-49(54)58-46(34-27-18-14-8-2)35-28-22-20-21-24-30-37-48(53)57-44-45(32-25-15-9-3)33-26-16-10-4/h45-46H,7-44H2,1-6H3. The van der Waals surface area contributed by atoms with Crippen LogP contribution in [0.3, 0.4) is 0 Å². The Morgan fingerprint density at radius 1 is 0.414 bits per heavy atom. The molecule has 9 heteroatoms. The number of nitrogens with zero attached hydrogens (tertiary/aromatic N) is 2. The smallest absolute Gasteiger partial charge is 0.465 e. The maximum atomic E-state index is 12.9. The van der Waals surface area contributed by atoms with Gasteiger partial charge in [-0.2, -0.15) is 0 Å². The van der Waals surface area contributed by atoms with E-state index < -0.39 is 6.16 Å². The first-order chi connectivity index (χ1) is 28.3. The fourth-order valence-corrected chi connectivity index (χ4v) is 7.60. The normalized spacial score (nSPS) is 12.1. The molecule has 9 nitrogen and oxygen atoms in total. The third-order valence-corrected chi connectivity index (χ3v) is 11.6. The van der Waals surface area contributed by atoms with Gasteiger partial charge in [-0.1, -0.05) is 157 Å². The van der Waals surface area contributed by atoms with Crippen LogP contribution in [0.1, 0.15) is 228 Å². The molecule has 0 aliphatic heterocycles. The van der Waals surface area contributed by atoms with Gasteiger partial charge in [0.1, 0.15) is 19.3 Å². The van der Waals surface area contributed by atoms with Crippen molar-refractivity contribution in [1.29, 1.82) is 0 Å². The molecule has 58 heavy (non-hydrogen) atoms. The van der Waals surface area contributed by atoms with Gasteiger partial charge >= 0.3 is 18.1 Å². The van der Waals surface area contributed by atoms with Crippen molar-refractivity contribution in [3.05, 3.63) is 0 Å². The first-order valence-electron chi connectivity index (χ1n) is 24.9. The molecule has 0 saturated heterocycles. The van der Waals surface area contributed by atoms with Crippen LogP contribution >= 0.6 is 0 Å². The van der Waals surface area contributed by atoms with Crippen LogP contribution in [0.2, 0.25) is 0 Å². The number of carbonyl (C=O) groups excluding carboxylic acids is 3. The summed E-state index contributed by atoms with van der Waals surface area (Å²) in [5.74, 6) is 0.364. The number of carbonyl (C=O) groups is 3. The summed E-state index contributed by atoms with van der Waals surface area (Å²) >= 11 is 0. The topological polar surface area (TPSA) is 94.6 Å². The zero-order chi connectivity index (χ0) is 42.7. The fraction of sp³-hybridized carbons (Fsp3) is 0.939. The van der Waals surface area contributed by atoms with Crippen LogP contribution in [0.15, 0.2) is 0 Å². The van der Waals surface area contributed by atoms with Gasteiger partial charge in [-0.05, 0) is 89.9 Å². The summed E-state index contributed by atoms with van der Waals surface area (Å²) in [6.07, 6.45) is 30.6. The molecule has 0 fully saturated rings. The van der Waals surface area contributed by atoms with Crippen LogP contribution in [0.25, 0.3) is 0 Å². The van der Waals surface area contributed by atoms with Crippen molar-refractivity contribution in [3.63, 3.8) is 0 Å². The molecular formula is C49H96N2O7. The van der Waals surface area contributed by atoms with Gasteiger partial charge < -0.3 is 23.8 Å². The molecule has 0 spiro atoms. The van der Waals surface area contributed by atoms with Crippen molar-refractivity contribution in [3.8, 4) is 0 Å². The molecule has 0 aliphatic rings. The Kier molecular flexibility index (Phi) is 41.8. The minimum atomic E-state index is -0.575. The van der Waals surface area contributed by atoms with E-state index in [0.29, 0.717) is 45.1 Å². The first kappa shape index (κ1) is 56.1. The monoisotopic (exact) mass is 825 g/mol. The van der Waals surface area contributed by atoms with E-state index in [-0.39, 0.29) is 24.6 Å². The summed E-state index contributed by atoms with van der Waals surface area (Å²) in [4.78, 5) is 42.3. The van der Waals surface area contributed by atoms with Gasteiger partial charge in [0, 0.05) is 25.9 Å². The molecule has 0 aliphatic carbocycles. The Morgan fingerprint density at radius 2 is 0.828 bits per heavy atom. The number of hydrogen-bond acceptors (Lipinski definition) is 9. The maximum absolute atomic E-state index is 12.9. The molecule has 0 radical (unpaired) electrons. The lowest BCUT2D eigenvalue weighted by atomic mass is 9.96. The summed E-state index contributed by atoms with van der Waals surface area (Å²) in [6.45, 7) is 19.6. The SMILES string of the molecule is CCCCCCCCC(=O)OCCN(CCCN(CC)CC)CCOC(=O)OC(CCCCCC)CCCCCCCCC(=O)OCC(CCCCC)CCCCC. The molecule has 0 rings (SSSR count). The lowest BCUT2D eigenvalue weighted by molar-refractivity contribution is -0.145. The molecule has 0 heterocycles. The van der Waals surface area contributed by atoms with E-state index in [0.717, 1.165) is 110 Å². The van der Waals surface area contributed by atoms with Crippen molar-refractivity contribution < 1.29 is 33.3 Å². The van der Waals surface area contributed by atoms with Crippen LogP contribution < -0.4 is 0 Å². The van der Waals surface area contributed by atoms with E-state index in [9.17, 15) is 14.4 Å². The minimum absolute atomic E-state index is 0.0338. The zero-order valence-electron chi connectivity index (χ0n) is 39.3. The quantitative estimate of drug-likeness (QED) is 0.0338. The van der Waals surface area contributed by atoms with E-state index in [1.54, 1.807) is 0 Å². The molecule has 0 aromatic heterocycles. The van der Waals surface area contributed by atoms with Gasteiger partial charge in [0.25, 0.3) is 0 Å². The predicted octanol–water partition coefficient (Wildman–Crippen LogP) is 13.2. The summed E-state index contributed by atoms with van der Waals surface area (Å²) < 4.78 is 22.8. The Labute approximate surface area is 359 Å². The van der Waals surface area contributed by atoms with E-state index >= 15 is 0 Å². The number of esters is 2. The van der Waals surface area contributed by atoms with Gasteiger partial charge in [0.05, 0.1) is 6.61 Å². The third-order valence-electron chi connectivity index (χ3n) is 11.6. The molecule has 0 saturated carbocycles. The predicted molar refractivity (Wildman–Crippen MR) is 242 cm³/mol. The second kappa shape index (κ2) is 43.2. The maximum Gasteiger partial charge on any atom is 0.508 e. The number of rotatable bonds is 44. The minimum Gasteiger partial charge on any atom is -0.465 e. The molecule has 344 valence electrons. The van der Waals surface area contributed by atoms with Gasteiger partial charge in [-0.25, -0.2) is 4.79 Å². The van der Waals surface area contributed by atoms with Crippen molar-refractivity contribution in [2.75, 3.05) is 59.1 Å². The highest BCUT2D eigenvalue weighted by molar-refractivity contribution is 5.69. The van der Waals surface area contributed by atoms with E-state index in [1.165, 1.54) is 89.9 Å². The van der Waals surface area contributed by atoms with Gasteiger partial charge in [0.2, 0.25) is 0 Å². The molecule has 1 atom stereocenters. The average Bonchev–Trinajstić information content (AvgIpc) is 3.21. The Morgan fingerprint density at radius 3 is 1.36 bits per heavy atom. The molecular weight excluding hydrogens is 729 g/mol. The molecule has 0 N–H and O–H groups in total. The second-order valence-corrected chi connectivity index (χ2v) is 16.8. The Hall–Kier alpha value is -1.87. The third kappa shape index (κ3) is 37.2. The highest BCUT2D eigenvalue weighted by Gasteiger charge is 2.17. The number of ether oxygens (including phenoxy) is 4. The molecule has 0 aromatic carbocycles. The summed E-state index contributed by atoms with van der Waals surface area (Å²) in [5.41, 5.74) is 0. The lowest BCUT2D eigenvalue weighted by Gasteiger charge is -2.24. The number of unbranched alkanes of at least 4 members (excludes halogenated alkanes) is 17. The molecule has 1 unspecified atom stereocenters. The summed E-state index contributed by atoms with van der Waals surface area (Å²) in [6, 6.07) is 0. The van der Waals surface area contributed by atoms with Crippen molar-refractivity contribution in [1.82, 2.24) is 9.80 Å². The van der Waals surface area contributed by atoms with E-state index in [4.69, 9.17) is 18.9 Å². The molecule has 0 bridgehead atoms. The van der Waals surface area contributed by atoms with Crippen molar-refractivity contribution in [2.24, 2.45) is 5.92 Å². The van der Waals surface area contributed by atoms with E-state index in [1.807, 2.05) is 0 Å². The van der Waals surface area contributed by atoms with E-state index in [2.05, 4.69) is 51.3 Å². The first-order valence-corrected chi connectivity index (χ1v) is 24.9. The average molecular weight is 825 g/mol. The molecule has 0 amide bonds. The fourth-order valence-electron chi connectivity index (χ4n) is 7.60. The van der Waals surface area contributed by atoms with Crippen molar-refractivity contribution >= 4 is 18.1 Å². The Bertz CT molecular complexity index is 905. The largest absolute Gasteiger partial charge is 0.508 e.